The molecule has 8 fully saturated rings. The van der Waals surface area contributed by atoms with Crippen molar-refractivity contribution in [2.24, 2.45) is 47.3 Å². The largest absolute Gasteiger partial charge is 0.0989 e. The molecule has 0 amide bonds. The molecule has 0 unspecified atom stereocenters. The lowest BCUT2D eigenvalue weighted by atomic mass is 9.83. The number of hydrogen-bond donors (Lipinski definition) is 0. The van der Waals surface area contributed by atoms with Crippen LogP contribution >= 0.6 is 0 Å². The molecule has 0 aromatic carbocycles. The zero-order chi connectivity index (χ0) is 11.8. The Kier molecular flexibility index (Phi) is 1.25. The van der Waals surface area contributed by atoms with Crippen LogP contribution in [0.4, 0.5) is 0 Å². The summed E-state index contributed by atoms with van der Waals surface area (Å²) in [5.41, 5.74) is 7.12. The molecule has 0 N–H and O–H groups in total. The summed E-state index contributed by atoms with van der Waals surface area (Å²) in [6.07, 6.45) is 5.98. The van der Waals surface area contributed by atoms with Gasteiger partial charge >= 0.3 is 0 Å². The van der Waals surface area contributed by atoms with E-state index in [1.54, 1.807) is 11.1 Å². The monoisotopic (exact) mass is 236 g/mol. The van der Waals surface area contributed by atoms with E-state index in [-0.39, 0.29) is 0 Å². The van der Waals surface area contributed by atoms with Crippen LogP contribution in [0.3, 0.4) is 0 Å². The van der Waals surface area contributed by atoms with Crippen molar-refractivity contribution >= 4 is 0 Å². The molecule has 0 saturated heterocycles. The van der Waals surface area contributed by atoms with Gasteiger partial charge in [0.05, 0.1) is 0 Å². The first-order valence-corrected chi connectivity index (χ1v) is 7.87. The average molecular weight is 236 g/mol. The van der Waals surface area contributed by atoms with Crippen LogP contribution in [-0.2, 0) is 0 Å². The third-order valence-corrected chi connectivity index (χ3v) is 7.69. The number of rotatable bonds is 0. The highest BCUT2D eigenvalue weighted by Crippen LogP contribution is 2.75. The number of allylic oxidation sites excluding steroid dienone is 4. The minimum absolute atomic E-state index is 0.836. The molecule has 8 aliphatic rings. The van der Waals surface area contributed by atoms with E-state index in [0.29, 0.717) is 0 Å². The minimum Gasteiger partial charge on any atom is -0.0989 e. The fourth-order valence-electron chi connectivity index (χ4n) is 7.43. The Hall–Kier alpha value is -0.780. The highest BCUT2D eigenvalue weighted by molar-refractivity contribution is 5.53. The van der Waals surface area contributed by atoms with E-state index in [2.05, 4.69) is 13.2 Å². The van der Waals surface area contributed by atoms with Gasteiger partial charge in [0.15, 0.2) is 0 Å². The Morgan fingerprint density at radius 2 is 1.00 bits per heavy atom. The van der Waals surface area contributed by atoms with Crippen LogP contribution in [0, 0.1) is 47.3 Å². The first-order valence-electron chi connectivity index (χ1n) is 7.87. The van der Waals surface area contributed by atoms with E-state index in [0.717, 1.165) is 47.3 Å². The van der Waals surface area contributed by atoms with E-state index < -0.39 is 0 Å². The molecule has 0 radical (unpaired) electrons. The van der Waals surface area contributed by atoms with Crippen molar-refractivity contribution in [1.82, 2.24) is 0 Å². The highest BCUT2D eigenvalue weighted by atomic mass is 14.7. The van der Waals surface area contributed by atoms with Crippen molar-refractivity contribution in [2.75, 3.05) is 0 Å². The van der Waals surface area contributed by atoms with E-state index in [9.17, 15) is 0 Å². The van der Waals surface area contributed by atoms with Gasteiger partial charge in [-0.3, -0.25) is 0 Å². The summed E-state index contributed by atoms with van der Waals surface area (Å²) in [7, 11) is 0. The summed E-state index contributed by atoms with van der Waals surface area (Å²) in [4.78, 5) is 0. The first-order chi connectivity index (χ1) is 8.75. The van der Waals surface area contributed by atoms with E-state index in [4.69, 9.17) is 0 Å². The molecule has 0 heteroatoms. The Labute approximate surface area is 109 Å². The summed E-state index contributed by atoms with van der Waals surface area (Å²) >= 11 is 0. The molecule has 0 aromatic heterocycles. The molecular formula is C18H20. The van der Waals surface area contributed by atoms with Crippen LogP contribution in [0.1, 0.15) is 25.7 Å². The summed E-state index contributed by atoms with van der Waals surface area (Å²) in [5, 5.41) is 0. The summed E-state index contributed by atoms with van der Waals surface area (Å²) in [6, 6.07) is 0. The van der Waals surface area contributed by atoms with Crippen LogP contribution in [0.25, 0.3) is 0 Å². The van der Waals surface area contributed by atoms with Gasteiger partial charge in [-0.25, -0.2) is 0 Å². The third-order valence-electron chi connectivity index (χ3n) is 7.69. The molecule has 8 aliphatic carbocycles. The summed E-state index contributed by atoms with van der Waals surface area (Å²) in [5.74, 6) is 7.34. The SMILES string of the molecule is C=C1[C@@H]2/C(=C3\[C@@H]4C[C@H]5C[C@@H]4C(=C)[C@@H]35)[C@H]3C[C@@H]2C[C@@H]13. The second kappa shape index (κ2) is 2.44. The van der Waals surface area contributed by atoms with Gasteiger partial charge in [0.1, 0.15) is 0 Å². The van der Waals surface area contributed by atoms with Gasteiger partial charge in [0.25, 0.3) is 0 Å². The quantitative estimate of drug-likeness (QED) is 0.558. The second-order valence-corrected chi connectivity index (χ2v) is 7.90. The van der Waals surface area contributed by atoms with Gasteiger partial charge in [-0.1, -0.05) is 35.5 Å². The molecular weight excluding hydrogens is 216 g/mol. The fraction of sp³-hybridized carbons (Fsp3) is 0.667. The second-order valence-electron chi connectivity index (χ2n) is 7.90. The Morgan fingerprint density at radius 3 is 1.28 bits per heavy atom. The average Bonchev–Trinajstić information content (AvgIpc) is 3.13. The smallest absolute Gasteiger partial charge is 0.00420 e. The maximum atomic E-state index is 4.44. The highest BCUT2D eigenvalue weighted by Gasteiger charge is 2.65. The molecule has 8 bridgehead atoms. The van der Waals surface area contributed by atoms with Crippen LogP contribution < -0.4 is 0 Å². The van der Waals surface area contributed by atoms with Gasteiger partial charge < -0.3 is 0 Å². The molecule has 0 aliphatic heterocycles. The normalized spacial score (nSPS) is 65.6. The van der Waals surface area contributed by atoms with Crippen LogP contribution in [-0.4, -0.2) is 0 Å². The minimum atomic E-state index is 0.836. The fourth-order valence-corrected chi connectivity index (χ4v) is 7.43. The molecule has 8 rings (SSSR count). The lowest BCUT2D eigenvalue weighted by molar-refractivity contribution is 0.498. The predicted octanol–water partition coefficient (Wildman–Crippen LogP) is 3.97. The van der Waals surface area contributed by atoms with Crippen molar-refractivity contribution < 1.29 is 0 Å². The van der Waals surface area contributed by atoms with Gasteiger partial charge in [-0.05, 0) is 61.2 Å². The first kappa shape index (κ1) is 9.18. The van der Waals surface area contributed by atoms with Crippen LogP contribution in [0.15, 0.2) is 35.5 Å². The summed E-state index contributed by atoms with van der Waals surface area (Å²) < 4.78 is 0. The third kappa shape index (κ3) is 0.681. The van der Waals surface area contributed by atoms with Gasteiger partial charge in [0, 0.05) is 11.8 Å². The van der Waals surface area contributed by atoms with Gasteiger partial charge in [-0.2, -0.15) is 0 Å². The van der Waals surface area contributed by atoms with Crippen molar-refractivity contribution in [3.05, 3.63) is 35.5 Å². The zero-order valence-electron chi connectivity index (χ0n) is 10.9. The topological polar surface area (TPSA) is 0 Å². The van der Waals surface area contributed by atoms with Gasteiger partial charge in [0.2, 0.25) is 0 Å². The van der Waals surface area contributed by atoms with Crippen molar-refractivity contribution in [2.45, 2.75) is 25.7 Å². The maximum Gasteiger partial charge on any atom is 0.00420 e. The molecule has 92 valence electrons. The van der Waals surface area contributed by atoms with E-state index in [1.807, 2.05) is 11.1 Å². The van der Waals surface area contributed by atoms with E-state index in [1.165, 1.54) is 25.7 Å². The Balaban J connectivity index is 1.60. The van der Waals surface area contributed by atoms with Crippen LogP contribution in [0.2, 0.25) is 0 Å². The zero-order valence-corrected chi connectivity index (χ0v) is 10.9. The van der Waals surface area contributed by atoms with Gasteiger partial charge in [-0.15, -0.1) is 0 Å². The Morgan fingerprint density at radius 1 is 0.611 bits per heavy atom. The van der Waals surface area contributed by atoms with Crippen molar-refractivity contribution in [1.29, 1.82) is 0 Å². The molecule has 0 aromatic rings. The van der Waals surface area contributed by atoms with Crippen molar-refractivity contribution in [3.8, 4) is 0 Å². The predicted molar refractivity (Wildman–Crippen MR) is 71.7 cm³/mol. The molecule has 0 nitrogen and oxygen atoms in total. The lowest BCUT2D eigenvalue weighted by Gasteiger charge is -2.21. The molecule has 18 heavy (non-hydrogen) atoms. The number of hydrogen-bond acceptors (Lipinski definition) is 0. The molecule has 8 saturated carbocycles. The van der Waals surface area contributed by atoms with Crippen molar-refractivity contribution in [3.63, 3.8) is 0 Å². The van der Waals surface area contributed by atoms with Crippen LogP contribution in [0.5, 0.6) is 0 Å². The molecule has 0 spiro atoms. The molecule has 8 atom stereocenters. The maximum absolute atomic E-state index is 4.44. The molecule has 0 heterocycles. The standard InChI is InChI=1S/C18H20/c1-7-11-3-9-5-13(11)17(15(7)9)18-14-6-10-4-12(14)8(2)16(10)18/h9-16H,1-6H2/b18-17+/t9-,10+,11-,12+,13-,14+,15-,16+. The van der Waals surface area contributed by atoms with E-state index >= 15 is 0 Å². The Bertz CT molecular complexity index is 513. The summed E-state index contributed by atoms with van der Waals surface area (Å²) in [6.45, 7) is 8.89. The lowest BCUT2D eigenvalue weighted by Crippen LogP contribution is -2.12.